The van der Waals surface area contributed by atoms with E-state index in [1.54, 1.807) is 33.0 Å². The molecule has 0 spiro atoms. The molecule has 2 aromatic rings. The Bertz CT molecular complexity index is 815. The van der Waals surface area contributed by atoms with Crippen LogP contribution in [0.15, 0.2) is 33.6 Å². The average molecular weight is 334 g/mol. The minimum Gasteiger partial charge on any atom is -0.419 e. The molecular weight excluding hydrogens is 316 g/mol. The molecule has 1 aromatic carbocycles. The first-order chi connectivity index (χ1) is 11.0. The maximum atomic E-state index is 12.4. The predicted octanol–water partition coefficient (Wildman–Crippen LogP) is 2.29. The minimum absolute atomic E-state index is 0.155. The molecule has 23 heavy (non-hydrogen) atoms. The zero-order chi connectivity index (χ0) is 17.0. The van der Waals surface area contributed by atoms with Crippen molar-refractivity contribution in [2.45, 2.75) is 18.7 Å². The Labute approximate surface area is 135 Å². The van der Waals surface area contributed by atoms with Crippen LogP contribution < -0.4 is 5.32 Å². The number of nitrogens with one attached hydrogen (secondary N) is 1. The highest BCUT2D eigenvalue weighted by Crippen LogP contribution is 2.26. The number of oxazole rings is 1. The molecule has 122 valence electrons. The van der Waals surface area contributed by atoms with Crippen LogP contribution >= 0.6 is 0 Å². The van der Waals surface area contributed by atoms with Crippen LogP contribution in [-0.4, -0.2) is 37.8 Å². The van der Waals surface area contributed by atoms with E-state index in [0.29, 0.717) is 18.7 Å². The zero-order valence-corrected chi connectivity index (χ0v) is 14.0. The summed E-state index contributed by atoms with van der Waals surface area (Å²) < 4.78 is 31.7. The molecular formula is C15H18N4O3S. The first-order valence-corrected chi connectivity index (χ1v) is 8.61. The van der Waals surface area contributed by atoms with Crippen molar-refractivity contribution >= 4 is 15.9 Å². The Morgan fingerprint density at radius 2 is 1.87 bits per heavy atom. The van der Waals surface area contributed by atoms with Gasteiger partial charge in [0.1, 0.15) is 6.07 Å². The Balaban J connectivity index is 2.37. The predicted molar refractivity (Wildman–Crippen MR) is 86.3 cm³/mol. The number of anilines is 1. The fraction of sp³-hybridized carbons (Fsp3) is 0.333. The van der Waals surface area contributed by atoms with E-state index < -0.39 is 10.0 Å². The topological polar surface area (TPSA) is 99.2 Å². The molecule has 0 saturated carbocycles. The lowest BCUT2D eigenvalue weighted by Gasteiger charge is -2.18. The quantitative estimate of drug-likeness (QED) is 0.870. The largest absolute Gasteiger partial charge is 0.419 e. The fourth-order valence-electron chi connectivity index (χ4n) is 2.17. The first-order valence-electron chi connectivity index (χ1n) is 7.17. The van der Waals surface area contributed by atoms with Crippen LogP contribution in [-0.2, 0) is 10.0 Å². The molecule has 0 unspecified atom stereocenters. The second-order valence-electron chi connectivity index (χ2n) is 4.67. The SMILES string of the molecule is CCN(CC)S(=O)(=O)c1ccc(-c2nc(C#N)c(NC)o2)cc1. The summed E-state index contributed by atoms with van der Waals surface area (Å²) in [6.45, 7) is 4.42. The Hall–Kier alpha value is -2.37. The highest BCUT2D eigenvalue weighted by molar-refractivity contribution is 7.89. The van der Waals surface area contributed by atoms with Crippen molar-refractivity contribution in [2.24, 2.45) is 0 Å². The Morgan fingerprint density at radius 3 is 2.30 bits per heavy atom. The van der Waals surface area contributed by atoms with Gasteiger partial charge in [-0.2, -0.15) is 14.6 Å². The third-order valence-electron chi connectivity index (χ3n) is 3.40. The van der Waals surface area contributed by atoms with Gasteiger partial charge in [-0.25, -0.2) is 8.42 Å². The number of benzene rings is 1. The number of rotatable bonds is 6. The van der Waals surface area contributed by atoms with Gasteiger partial charge in [-0.15, -0.1) is 0 Å². The van der Waals surface area contributed by atoms with Gasteiger partial charge in [0.2, 0.25) is 27.5 Å². The monoisotopic (exact) mass is 334 g/mol. The van der Waals surface area contributed by atoms with E-state index in [-0.39, 0.29) is 22.4 Å². The molecule has 1 N–H and O–H groups in total. The van der Waals surface area contributed by atoms with Crippen LogP contribution in [0.4, 0.5) is 5.88 Å². The van der Waals surface area contributed by atoms with E-state index in [9.17, 15) is 8.42 Å². The van der Waals surface area contributed by atoms with Gasteiger partial charge in [0.15, 0.2) is 0 Å². The van der Waals surface area contributed by atoms with Gasteiger partial charge in [0, 0.05) is 25.7 Å². The van der Waals surface area contributed by atoms with E-state index in [1.165, 1.54) is 16.4 Å². The fourth-order valence-corrected chi connectivity index (χ4v) is 3.63. The normalized spacial score (nSPS) is 11.4. The average Bonchev–Trinajstić information content (AvgIpc) is 2.99. The molecule has 1 aromatic heterocycles. The summed E-state index contributed by atoms with van der Waals surface area (Å²) in [4.78, 5) is 4.29. The van der Waals surface area contributed by atoms with Crippen molar-refractivity contribution in [1.82, 2.24) is 9.29 Å². The maximum absolute atomic E-state index is 12.4. The van der Waals surface area contributed by atoms with E-state index in [0.717, 1.165) is 0 Å². The molecule has 0 aliphatic carbocycles. The van der Waals surface area contributed by atoms with E-state index in [1.807, 2.05) is 6.07 Å². The number of nitriles is 1. The van der Waals surface area contributed by atoms with Crippen LogP contribution in [0.1, 0.15) is 19.5 Å². The molecule has 0 amide bonds. The molecule has 7 nitrogen and oxygen atoms in total. The van der Waals surface area contributed by atoms with Crippen LogP contribution in [0.3, 0.4) is 0 Å². The number of hydrogen-bond donors (Lipinski definition) is 1. The molecule has 0 saturated heterocycles. The first kappa shape index (κ1) is 17.0. The molecule has 0 fully saturated rings. The van der Waals surface area contributed by atoms with Crippen molar-refractivity contribution in [2.75, 3.05) is 25.5 Å². The molecule has 2 rings (SSSR count). The summed E-state index contributed by atoms with van der Waals surface area (Å²) in [7, 11) is -1.86. The van der Waals surface area contributed by atoms with Gasteiger partial charge in [-0.05, 0) is 24.3 Å². The number of aromatic nitrogens is 1. The molecule has 1 heterocycles. The molecule has 8 heteroatoms. The van der Waals surface area contributed by atoms with Crippen molar-refractivity contribution in [3.05, 3.63) is 30.0 Å². The Kier molecular flexibility index (Phi) is 5.03. The third-order valence-corrected chi connectivity index (χ3v) is 5.47. The standard InChI is InChI=1S/C15H18N4O3S/c1-4-19(5-2)23(20,21)12-8-6-11(7-9-12)14-18-13(10-16)15(17-3)22-14/h6-9,17H,4-5H2,1-3H3. The number of sulfonamides is 1. The zero-order valence-electron chi connectivity index (χ0n) is 13.2. The number of hydrogen-bond acceptors (Lipinski definition) is 6. The van der Waals surface area contributed by atoms with Gasteiger partial charge >= 0.3 is 0 Å². The molecule has 0 radical (unpaired) electrons. The highest BCUT2D eigenvalue weighted by Gasteiger charge is 2.22. The van der Waals surface area contributed by atoms with Crippen molar-refractivity contribution in [3.63, 3.8) is 0 Å². The smallest absolute Gasteiger partial charge is 0.243 e. The number of nitrogens with zero attached hydrogens (tertiary/aromatic N) is 3. The molecule has 0 aliphatic heterocycles. The lowest BCUT2D eigenvalue weighted by Crippen LogP contribution is -2.30. The van der Waals surface area contributed by atoms with Gasteiger partial charge in [0.25, 0.3) is 0 Å². The van der Waals surface area contributed by atoms with Crippen molar-refractivity contribution in [3.8, 4) is 17.5 Å². The maximum Gasteiger partial charge on any atom is 0.243 e. The summed E-state index contributed by atoms with van der Waals surface area (Å²) in [5.74, 6) is 0.542. The van der Waals surface area contributed by atoms with Crippen molar-refractivity contribution < 1.29 is 12.8 Å². The molecule has 0 bridgehead atoms. The van der Waals surface area contributed by atoms with E-state index in [4.69, 9.17) is 9.68 Å². The van der Waals surface area contributed by atoms with Crippen LogP contribution in [0.25, 0.3) is 11.5 Å². The van der Waals surface area contributed by atoms with Crippen LogP contribution in [0.2, 0.25) is 0 Å². The van der Waals surface area contributed by atoms with Gasteiger partial charge in [-0.3, -0.25) is 0 Å². The van der Waals surface area contributed by atoms with Gasteiger partial charge < -0.3 is 9.73 Å². The van der Waals surface area contributed by atoms with Crippen LogP contribution in [0, 0.1) is 11.3 Å². The Morgan fingerprint density at radius 1 is 1.26 bits per heavy atom. The third kappa shape index (κ3) is 3.21. The van der Waals surface area contributed by atoms with Gasteiger partial charge in [-0.1, -0.05) is 13.8 Å². The lowest BCUT2D eigenvalue weighted by molar-refractivity contribution is 0.445. The van der Waals surface area contributed by atoms with Crippen LogP contribution in [0.5, 0.6) is 0 Å². The summed E-state index contributed by atoms with van der Waals surface area (Å²) in [5.41, 5.74) is 0.754. The second-order valence-corrected chi connectivity index (χ2v) is 6.61. The summed E-state index contributed by atoms with van der Waals surface area (Å²) >= 11 is 0. The van der Waals surface area contributed by atoms with E-state index in [2.05, 4.69) is 10.3 Å². The van der Waals surface area contributed by atoms with E-state index >= 15 is 0 Å². The summed E-state index contributed by atoms with van der Waals surface area (Å²) in [5, 5.41) is 11.7. The summed E-state index contributed by atoms with van der Waals surface area (Å²) in [6, 6.07) is 8.18. The highest BCUT2D eigenvalue weighted by atomic mass is 32.2. The second kappa shape index (κ2) is 6.81. The van der Waals surface area contributed by atoms with Crippen molar-refractivity contribution in [1.29, 1.82) is 5.26 Å². The lowest BCUT2D eigenvalue weighted by atomic mass is 10.2. The molecule has 0 atom stereocenters. The van der Waals surface area contributed by atoms with Gasteiger partial charge in [0.05, 0.1) is 4.90 Å². The summed E-state index contributed by atoms with van der Waals surface area (Å²) in [6.07, 6.45) is 0. The molecule has 0 aliphatic rings. The minimum atomic E-state index is -3.49.